The summed E-state index contributed by atoms with van der Waals surface area (Å²) in [5.41, 5.74) is 4.18. The third-order valence-corrected chi connectivity index (χ3v) is 6.82. The van der Waals surface area contributed by atoms with Crippen LogP contribution in [0.2, 0.25) is 0 Å². The molecule has 3 heteroatoms. The van der Waals surface area contributed by atoms with E-state index in [1.807, 2.05) is 6.08 Å². The van der Waals surface area contributed by atoms with Gasteiger partial charge >= 0.3 is 0 Å². The number of carbonyl (C=O) groups is 1. The Bertz CT molecular complexity index is 700. The van der Waals surface area contributed by atoms with Crippen LogP contribution in [-0.2, 0) is 17.6 Å². The molecule has 1 aliphatic carbocycles. The van der Waals surface area contributed by atoms with Crippen molar-refractivity contribution in [3.8, 4) is 0 Å². The van der Waals surface area contributed by atoms with Crippen molar-refractivity contribution >= 4 is 5.91 Å². The van der Waals surface area contributed by atoms with Crippen molar-refractivity contribution in [3.63, 3.8) is 0 Å². The first-order chi connectivity index (χ1) is 14.1. The van der Waals surface area contributed by atoms with E-state index in [0.29, 0.717) is 11.8 Å². The average Bonchev–Trinajstić information content (AvgIpc) is 3.38. The zero-order chi connectivity index (χ0) is 20.8. The van der Waals surface area contributed by atoms with Gasteiger partial charge in [-0.3, -0.25) is 4.79 Å². The molecule has 0 bridgehead atoms. The molecule has 1 amide bonds. The number of fused-ring (bicyclic) bond motifs is 1. The molecular weight excluding hydrogens is 356 g/mol. The van der Waals surface area contributed by atoms with Crippen LogP contribution in [0.5, 0.6) is 0 Å². The standard InChI is InChI=1S/C26H38N2O/c1-5-11-23(7-3)27-26(29)25-15-10-16-28(25)19(4)24(12-6-2)22-17-20-13-8-9-14-21(20)18-22/h7-9,13-14,22-25H,3-6,10-12,15-18H2,1-2H3,(H,27,29). The maximum atomic E-state index is 13.0. The Kier molecular flexibility index (Phi) is 7.57. The summed E-state index contributed by atoms with van der Waals surface area (Å²) in [5, 5.41) is 3.21. The fourth-order valence-electron chi connectivity index (χ4n) is 5.30. The molecule has 0 aromatic heterocycles. The minimum atomic E-state index is -0.0788. The Balaban J connectivity index is 1.70. The summed E-state index contributed by atoms with van der Waals surface area (Å²) in [4.78, 5) is 15.4. The zero-order valence-corrected chi connectivity index (χ0v) is 18.3. The molecule has 0 radical (unpaired) electrons. The van der Waals surface area contributed by atoms with Gasteiger partial charge in [-0.2, -0.15) is 0 Å². The van der Waals surface area contributed by atoms with E-state index in [-0.39, 0.29) is 18.0 Å². The van der Waals surface area contributed by atoms with Crippen LogP contribution in [0, 0.1) is 11.8 Å². The van der Waals surface area contributed by atoms with Crippen LogP contribution in [0.3, 0.4) is 0 Å². The molecule has 3 nitrogen and oxygen atoms in total. The molecule has 3 atom stereocenters. The second-order valence-electron chi connectivity index (χ2n) is 8.81. The minimum absolute atomic E-state index is 0.0685. The van der Waals surface area contributed by atoms with E-state index >= 15 is 0 Å². The van der Waals surface area contributed by atoms with Crippen molar-refractivity contribution in [3.05, 3.63) is 60.3 Å². The number of amides is 1. The van der Waals surface area contributed by atoms with Gasteiger partial charge in [0, 0.05) is 24.2 Å². The molecule has 1 heterocycles. The van der Waals surface area contributed by atoms with Gasteiger partial charge in [-0.15, -0.1) is 6.58 Å². The zero-order valence-electron chi connectivity index (χ0n) is 18.3. The molecule has 1 saturated heterocycles. The van der Waals surface area contributed by atoms with Crippen LogP contribution < -0.4 is 5.32 Å². The largest absolute Gasteiger partial charge is 0.363 e. The van der Waals surface area contributed by atoms with Gasteiger partial charge in [0.25, 0.3) is 0 Å². The first-order valence-electron chi connectivity index (χ1n) is 11.5. The summed E-state index contributed by atoms with van der Waals surface area (Å²) in [6.45, 7) is 13.8. The maximum absolute atomic E-state index is 13.0. The number of likely N-dealkylation sites (tertiary alicyclic amines) is 1. The number of nitrogens with zero attached hydrogens (tertiary/aromatic N) is 1. The quantitative estimate of drug-likeness (QED) is 0.549. The summed E-state index contributed by atoms with van der Waals surface area (Å²) >= 11 is 0. The lowest BCUT2D eigenvalue weighted by Crippen LogP contribution is -2.47. The molecule has 1 aromatic carbocycles. The number of allylic oxidation sites excluding steroid dienone is 1. The molecule has 2 aliphatic rings. The number of hydrogen-bond acceptors (Lipinski definition) is 2. The van der Waals surface area contributed by atoms with E-state index in [9.17, 15) is 4.79 Å². The van der Waals surface area contributed by atoms with Gasteiger partial charge in [0.1, 0.15) is 6.04 Å². The van der Waals surface area contributed by atoms with Gasteiger partial charge < -0.3 is 10.2 Å². The van der Waals surface area contributed by atoms with Crippen molar-refractivity contribution in [2.45, 2.75) is 77.3 Å². The molecule has 29 heavy (non-hydrogen) atoms. The molecule has 3 unspecified atom stereocenters. The van der Waals surface area contributed by atoms with E-state index < -0.39 is 0 Å². The smallest absolute Gasteiger partial charge is 0.243 e. The maximum Gasteiger partial charge on any atom is 0.243 e. The van der Waals surface area contributed by atoms with E-state index in [2.05, 4.69) is 61.5 Å². The molecular formula is C26H38N2O. The van der Waals surface area contributed by atoms with Crippen molar-refractivity contribution < 1.29 is 4.79 Å². The highest BCUT2D eigenvalue weighted by atomic mass is 16.2. The summed E-state index contributed by atoms with van der Waals surface area (Å²) in [7, 11) is 0. The summed E-state index contributed by atoms with van der Waals surface area (Å²) < 4.78 is 0. The number of nitrogens with one attached hydrogen (secondary N) is 1. The predicted molar refractivity (Wildman–Crippen MR) is 122 cm³/mol. The molecule has 0 spiro atoms. The van der Waals surface area contributed by atoms with E-state index in [0.717, 1.165) is 57.9 Å². The Morgan fingerprint density at radius 2 is 1.86 bits per heavy atom. The lowest BCUT2D eigenvalue weighted by atomic mass is 9.83. The van der Waals surface area contributed by atoms with Gasteiger partial charge in [-0.05, 0) is 55.6 Å². The summed E-state index contributed by atoms with van der Waals surface area (Å²) in [6.07, 6.45) is 10.4. The lowest BCUT2D eigenvalue weighted by molar-refractivity contribution is -0.125. The molecule has 1 N–H and O–H groups in total. The number of carbonyl (C=O) groups excluding carboxylic acids is 1. The van der Waals surface area contributed by atoms with E-state index in [1.54, 1.807) is 0 Å². The molecule has 3 rings (SSSR count). The molecule has 1 fully saturated rings. The minimum Gasteiger partial charge on any atom is -0.363 e. The van der Waals surface area contributed by atoms with Crippen molar-refractivity contribution in [1.82, 2.24) is 10.2 Å². The Labute approximate surface area is 177 Å². The molecule has 158 valence electrons. The highest BCUT2D eigenvalue weighted by Gasteiger charge is 2.37. The van der Waals surface area contributed by atoms with Gasteiger partial charge in [0.2, 0.25) is 5.91 Å². The van der Waals surface area contributed by atoms with Crippen LogP contribution >= 0.6 is 0 Å². The lowest BCUT2D eigenvalue weighted by Gasteiger charge is -2.35. The fourth-order valence-corrected chi connectivity index (χ4v) is 5.30. The van der Waals surface area contributed by atoms with E-state index in [4.69, 9.17) is 0 Å². The topological polar surface area (TPSA) is 32.3 Å². The van der Waals surface area contributed by atoms with Gasteiger partial charge in [0.15, 0.2) is 0 Å². The van der Waals surface area contributed by atoms with Crippen LogP contribution in [-0.4, -0.2) is 29.4 Å². The van der Waals surface area contributed by atoms with Crippen LogP contribution in [0.4, 0.5) is 0 Å². The SMILES string of the molecule is C=CC(CCC)NC(=O)C1CCCN1C(=C)C(CCC)C1Cc2ccccc2C1. The highest BCUT2D eigenvalue weighted by Crippen LogP contribution is 2.39. The molecule has 1 aromatic rings. The number of rotatable bonds is 10. The third-order valence-electron chi connectivity index (χ3n) is 6.82. The monoisotopic (exact) mass is 394 g/mol. The van der Waals surface area contributed by atoms with Crippen molar-refractivity contribution in [2.24, 2.45) is 11.8 Å². The van der Waals surface area contributed by atoms with Crippen LogP contribution in [0.25, 0.3) is 0 Å². The third kappa shape index (κ3) is 4.94. The van der Waals surface area contributed by atoms with Crippen molar-refractivity contribution in [1.29, 1.82) is 0 Å². The highest BCUT2D eigenvalue weighted by molar-refractivity contribution is 5.82. The summed E-state index contributed by atoms with van der Waals surface area (Å²) in [6, 6.07) is 8.84. The predicted octanol–water partition coefficient (Wildman–Crippen LogP) is 5.27. The average molecular weight is 395 g/mol. The van der Waals surface area contributed by atoms with Gasteiger partial charge in [0.05, 0.1) is 0 Å². The van der Waals surface area contributed by atoms with Gasteiger partial charge in [-0.1, -0.05) is 63.6 Å². The first kappa shape index (κ1) is 21.7. The van der Waals surface area contributed by atoms with Crippen molar-refractivity contribution in [2.75, 3.05) is 6.54 Å². The summed E-state index contributed by atoms with van der Waals surface area (Å²) in [5.74, 6) is 1.20. The van der Waals surface area contributed by atoms with Crippen LogP contribution in [0.15, 0.2) is 49.2 Å². The first-order valence-corrected chi connectivity index (χ1v) is 11.5. The Morgan fingerprint density at radius 1 is 1.21 bits per heavy atom. The van der Waals surface area contributed by atoms with Crippen LogP contribution in [0.1, 0.15) is 63.5 Å². The normalized spacial score (nSPS) is 20.9. The number of benzene rings is 1. The second-order valence-corrected chi connectivity index (χ2v) is 8.81. The van der Waals surface area contributed by atoms with Gasteiger partial charge in [-0.25, -0.2) is 0 Å². The fraction of sp³-hybridized carbons (Fsp3) is 0.577. The Hall–Kier alpha value is -2.03. The number of hydrogen-bond donors (Lipinski definition) is 1. The second kappa shape index (κ2) is 10.1. The Morgan fingerprint density at radius 3 is 2.45 bits per heavy atom. The molecule has 1 aliphatic heterocycles. The van der Waals surface area contributed by atoms with E-state index in [1.165, 1.54) is 16.8 Å². The molecule has 0 saturated carbocycles.